The molecule has 0 amide bonds. The van der Waals surface area contributed by atoms with Crippen LogP contribution in [0.15, 0.2) is 23.1 Å². The lowest BCUT2D eigenvalue weighted by Gasteiger charge is -2.07. The highest BCUT2D eigenvalue weighted by atomic mass is 35.5. The minimum atomic E-state index is -4.20. The molecular weight excluding hydrogens is 249 g/mol. The Balaban J connectivity index is 2.73. The Morgan fingerprint density at radius 3 is 2.47 bits per heavy atom. The third-order valence-corrected chi connectivity index (χ3v) is 2.78. The molecule has 0 saturated carbocycles. The van der Waals surface area contributed by atoms with Crippen LogP contribution in [0.2, 0.25) is 5.02 Å². The van der Waals surface area contributed by atoms with Crippen molar-refractivity contribution >= 4 is 23.4 Å². The third kappa shape index (κ3) is 4.77. The van der Waals surface area contributed by atoms with Gasteiger partial charge in [-0.2, -0.15) is 13.2 Å². The maximum absolute atomic E-state index is 11.9. The average molecular weight is 257 g/mol. The molecule has 0 aliphatic rings. The van der Waals surface area contributed by atoms with Crippen molar-refractivity contribution in [3.63, 3.8) is 0 Å². The molecule has 0 saturated heterocycles. The normalized spacial score (nSPS) is 11.8. The van der Waals surface area contributed by atoms with E-state index in [1.165, 1.54) is 18.2 Å². The Morgan fingerprint density at radius 1 is 1.27 bits per heavy atom. The zero-order valence-corrected chi connectivity index (χ0v) is 9.09. The highest BCUT2D eigenvalue weighted by Crippen LogP contribution is 2.29. The molecule has 1 N–H and O–H groups in total. The Kier molecular flexibility index (Phi) is 4.31. The van der Waals surface area contributed by atoms with Crippen molar-refractivity contribution < 1.29 is 18.3 Å². The lowest BCUT2D eigenvalue weighted by Crippen LogP contribution is -2.10. The van der Waals surface area contributed by atoms with Gasteiger partial charge in [0, 0.05) is 9.92 Å². The van der Waals surface area contributed by atoms with Gasteiger partial charge in [-0.3, -0.25) is 0 Å². The fourth-order valence-corrected chi connectivity index (χ4v) is 2.06. The number of alkyl halides is 3. The Morgan fingerprint density at radius 2 is 1.93 bits per heavy atom. The summed E-state index contributed by atoms with van der Waals surface area (Å²) in [6, 6.07) is 4.44. The highest BCUT2D eigenvalue weighted by Gasteiger charge is 2.27. The molecule has 0 atom stereocenters. The molecule has 0 unspecified atom stereocenters. The lowest BCUT2D eigenvalue weighted by atomic mass is 10.2. The minimum absolute atomic E-state index is 0.236. The van der Waals surface area contributed by atoms with Gasteiger partial charge in [0.2, 0.25) is 0 Å². The predicted octanol–water partition coefficient (Wildman–Crippen LogP) is 3.49. The topological polar surface area (TPSA) is 20.2 Å². The largest absolute Gasteiger partial charge is 0.398 e. The van der Waals surface area contributed by atoms with E-state index in [1.54, 1.807) is 0 Å². The molecule has 1 nitrogen and oxygen atoms in total. The van der Waals surface area contributed by atoms with E-state index in [0.717, 1.165) is 0 Å². The quantitative estimate of drug-likeness (QED) is 0.836. The summed E-state index contributed by atoms with van der Waals surface area (Å²) in [7, 11) is 0. The zero-order chi connectivity index (χ0) is 11.5. The minimum Gasteiger partial charge on any atom is -0.392 e. The summed E-state index contributed by atoms with van der Waals surface area (Å²) < 4.78 is 35.8. The van der Waals surface area contributed by atoms with Gasteiger partial charge < -0.3 is 5.11 Å². The molecule has 0 aliphatic carbocycles. The molecule has 1 aromatic carbocycles. The van der Waals surface area contributed by atoms with Gasteiger partial charge in [0.05, 0.1) is 12.4 Å². The molecule has 15 heavy (non-hydrogen) atoms. The van der Waals surface area contributed by atoms with Gasteiger partial charge >= 0.3 is 6.18 Å². The van der Waals surface area contributed by atoms with Crippen LogP contribution in [0.4, 0.5) is 13.2 Å². The van der Waals surface area contributed by atoms with Crippen LogP contribution in [0.5, 0.6) is 0 Å². The Bertz CT molecular complexity index is 341. The van der Waals surface area contributed by atoms with Crippen molar-refractivity contribution in [1.82, 2.24) is 0 Å². The number of halogens is 4. The van der Waals surface area contributed by atoms with Gasteiger partial charge in [-0.25, -0.2) is 0 Å². The number of rotatable bonds is 3. The van der Waals surface area contributed by atoms with Crippen LogP contribution in [0.25, 0.3) is 0 Å². The van der Waals surface area contributed by atoms with Gasteiger partial charge in [-0.05, 0) is 23.8 Å². The van der Waals surface area contributed by atoms with E-state index < -0.39 is 11.9 Å². The molecule has 0 spiro atoms. The van der Waals surface area contributed by atoms with Crippen molar-refractivity contribution in [3.05, 3.63) is 28.8 Å². The SMILES string of the molecule is OCc1cc(Cl)cc(SCC(F)(F)F)c1. The van der Waals surface area contributed by atoms with Gasteiger partial charge in [-0.15, -0.1) is 11.8 Å². The number of hydrogen-bond acceptors (Lipinski definition) is 2. The molecule has 0 heterocycles. The second kappa shape index (κ2) is 5.09. The maximum atomic E-state index is 11.9. The predicted molar refractivity (Wildman–Crippen MR) is 54.2 cm³/mol. The summed E-state index contributed by atoms with van der Waals surface area (Å²) in [5.41, 5.74) is 0.507. The second-order valence-electron chi connectivity index (χ2n) is 2.86. The summed E-state index contributed by atoms with van der Waals surface area (Å²) in [6.45, 7) is -0.236. The van der Waals surface area contributed by atoms with Crippen molar-refractivity contribution in [3.8, 4) is 0 Å². The first kappa shape index (κ1) is 12.7. The van der Waals surface area contributed by atoms with E-state index in [0.29, 0.717) is 27.2 Å². The van der Waals surface area contributed by atoms with Crippen LogP contribution < -0.4 is 0 Å². The number of thioether (sulfide) groups is 1. The maximum Gasteiger partial charge on any atom is 0.398 e. The fourth-order valence-electron chi connectivity index (χ4n) is 0.961. The second-order valence-corrected chi connectivity index (χ2v) is 4.34. The van der Waals surface area contributed by atoms with Crippen LogP contribution in [0, 0.1) is 0 Å². The Labute approximate surface area is 94.2 Å². The molecule has 0 bridgehead atoms. The number of hydrogen-bond donors (Lipinski definition) is 1. The van der Waals surface area contributed by atoms with Gasteiger partial charge in [-0.1, -0.05) is 11.6 Å². The molecule has 0 aromatic heterocycles. The van der Waals surface area contributed by atoms with Crippen LogP contribution in [0.3, 0.4) is 0 Å². The van der Waals surface area contributed by atoms with E-state index in [9.17, 15) is 13.2 Å². The highest BCUT2D eigenvalue weighted by molar-refractivity contribution is 7.99. The third-order valence-electron chi connectivity index (χ3n) is 1.52. The Hall–Kier alpha value is -0.390. The lowest BCUT2D eigenvalue weighted by molar-refractivity contribution is -0.105. The molecule has 1 aromatic rings. The van der Waals surface area contributed by atoms with E-state index in [2.05, 4.69) is 0 Å². The standard InChI is InChI=1S/C9H8ClF3OS/c10-7-1-6(4-14)2-8(3-7)15-5-9(11,12)13/h1-3,14H,4-5H2. The number of aliphatic hydroxyl groups excluding tert-OH is 1. The first-order chi connectivity index (χ1) is 6.90. The van der Waals surface area contributed by atoms with Crippen LogP contribution >= 0.6 is 23.4 Å². The number of benzene rings is 1. The van der Waals surface area contributed by atoms with Crippen molar-refractivity contribution in [2.75, 3.05) is 5.75 Å². The van der Waals surface area contributed by atoms with Crippen LogP contribution in [-0.4, -0.2) is 17.0 Å². The molecule has 1 rings (SSSR count). The fraction of sp³-hybridized carbons (Fsp3) is 0.333. The van der Waals surface area contributed by atoms with Crippen molar-refractivity contribution in [2.24, 2.45) is 0 Å². The summed E-state index contributed by atoms with van der Waals surface area (Å²) in [6.07, 6.45) is -4.20. The van der Waals surface area contributed by atoms with Crippen molar-refractivity contribution in [1.29, 1.82) is 0 Å². The zero-order valence-electron chi connectivity index (χ0n) is 7.51. The van der Waals surface area contributed by atoms with Crippen LogP contribution in [-0.2, 0) is 6.61 Å². The van der Waals surface area contributed by atoms with E-state index >= 15 is 0 Å². The van der Waals surface area contributed by atoms with Gasteiger partial charge in [0.1, 0.15) is 0 Å². The molecular formula is C9H8ClF3OS. The van der Waals surface area contributed by atoms with Crippen molar-refractivity contribution in [2.45, 2.75) is 17.7 Å². The summed E-state index contributed by atoms with van der Waals surface area (Å²) in [5.74, 6) is -0.960. The summed E-state index contributed by atoms with van der Waals surface area (Å²) in [5, 5.41) is 9.15. The monoisotopic (exact) mass is 256 g/mol. The van der Waals surface area contributed by atoms with E-state index in [-0.39, 0.29) is 6.61 Å². The molecule has 84 valence electrons. The number of aliphatic hydroxyl groups is 1. The summed E-state index contributed by atoms with van der Waals surface area (Å²) in [4.78, 5) is 0.406. The summed E-state index contributed by atoms with van der Waals surface area (Å²) >= 11 is 6.32. The van der Waals surface area contributed by atoms with E-state index in [4.69, 9.17) is 16.7 Å². The van der Waals surface area contributed by atoms with Crippen LogP contribution in [0.1, 0.15) is 5.56 Å². The molecule has 0 aliphatic heterocycles. The first-order valence-corrected chi connectivity index (χ1v) is 5.37. The molecule has 0 fully saturated rings. The smallest absolute Gasteiger partial charge is 0.392 e. The van der Waals surface area contributed by atoms with Gasteiger partial charge in [0.15, 0.2) is 0 Å². The first-order valence-electron chi connectivity index (χ1n) is 4.00. The van der Waals surface area contributed by atoms with Gasteiger partial charge in [0.25, 0.3) is 0 Å². The average Bonchev–Trinajstić information content (AvgIpc) is 2.13. The molecule has 0 radical (unpaired) electrons. The molecule has 6 heteroatoms. The van der Waals surface area contributed by atoms with E-state index in [1.807, 2.05) is 0 Å².